The van der Waals surface area contributed by atoms with Crippen LogP contribution in [0, 0.1) is 0 Å². The fourth-order valence-electron chi connectivity index (χ4n) is 1.92. The summed E-state index contributed by atoms with van der Waals surface area (Å²) in [5, 5.41) is 13.8. The maximum absolute atomic E-state index is 12.3. The number of likely N-dealkylation sites (N-methyl/N-ethyl adjacent to an activating group) is 1. The molecule has 0 saturated heterocycles. The molecular formula is C16H24N2O4. The van der Waals surface area contributed by atoms with E-state index in [2.05, 4.69) is 5.32 Å². The van der Waals surface area contributed by atoms with Gasteiger partial charge in [-0.15, -0.1) is 0 Å². The average molecular weight is 308 g/mol. The molecule has 1 rings (SSSR count). The predicted octanol–water partition coefficient (Wildman–Crippen LogP) is 1.14. The van der Waals surface area contributed by atoms with Gasteiger partial charge in [0.1, 0.15) is 6.10 Å². The van der Waals surface area contributed by atoms with E-state index in [1.165, 1.54) is 14.2 Å². The summed E-state index contributed by atoms with van der Waals surface area (Å²) in [5.41, 5.74) is 0.688. The molecule has 2 amide bonds. The monoisotopic (exact) mass is 308 g/mol. The number of benzene rings is 1. The van der Waals surface area contributed by atoms with Crippen molar-refractivity contribution in [2.24, 2.45) is 0 Å². The minimum Gasteiger partial charge on any atom is -0.383 e. The van der Waals surface area contributed by atoms with Crippen LogP contribution in [0.2, 0.25) is 0 Å². The Morgan fingerprint density at radius 2 is 1.91 bits per heavy atom. The quantitative estimate of drug-likeness (QED) is 0.800. The first-order valence-electron chi connectivity index (χ1n) is 7.06. The van der Waals surface area contributed by atoms with Crippen LogP contribution in [0.15, 0.2) is 24.3 Å². The van der Waals surface area contributed by atoms with Crippen molar-refractivity contribution in [3.63, 3.8) is 0 Å². The molecule has 0 aliphatic heterocycles. The predicted molar refractivity (Wildman–Crippen MR) is 83.2 cm³/mol. The fraction of sp³-hybridized carbons (Fsp3) is 0.500. The molecule has 22 heavy (non-hydrogen) atoms. The number of rotatable bonds is 5. The Bertz CT molecular complexity index is 537. The molecule has 6 nitrogen and oxygen atoms in total. The Morgan fingerprint density at radius 1 is 1.32 bits per heavy atom. The van der Waals surface area contributed by atoms with E-state index in [-0.39, 0.29) is 17.9 Å². The van der Waals surface area contributed by atoms with Gasteiger partial charge in [-0.1, -0.05) is 18.2 Å². The number of nitrogens with zero attached hydrogens (tertiary/aromatic N) is 1. The number of aliphatic hydroxyl groups is 1. The van der Waals surface area contributed by atoms with Crippen molar-refractivity contribution in [1.82, 2.24) is 10.4 Å². The van der Waals surface area contributed by atoms with Crippen LogP contribution in [-0.2, 0) is 16.1 Å². The summed E-state index contributed by atoms with van der Waals surface area (Å²) >= 11 is 0. The van der Waals surface area contributed by atoms with E-state index in [9.17, 15) is 14.7 Å². The molecule has 0 aliphatic carbocycles. The van der Waals surface area contributed by atoms with Crippen LogP contribution in [0.1, 0.15) is 36.7 Å². The Morgan fingerprint density at radius 3 is 2.45 bits per heavy atom. The van der Waals surface area contributed by atoms with E-state index in [0.717, 1.165) is 5.06 Å². The maximum atomic E-state index is 12.3. The van der Waals surface area contributed by atoms with Crippen LogP contribution >= 0.6 is 0 Å². The van der Waals surface area contributed by atoms with Gasteiger partial charge in [-0.25, -0.2) is 5.06 Å². The summed E-state index contributed by atoms with van der Waals surface area (Å²) < 4.78 is 0. The molecule has 0 heterocycles. The Labute approximate surface area is 131 Å². The SMILES string of the molecule is CON(C)C(=O)C(O)Cc1ccccc1C(=O)NC(C)(C)C. The van der Waals surface area contributed by atoms with Crippen LogP contribution in [0.25, 0.3) is 0 Å². The highest BCUT2D eigenvalue weighted by Crippen LogP contribution is 2.14. The standard InChI is InChI=1S/C16H24N2O4/c1-16(2,3)17-14(20)12-9-7-6-8-11(12)10-13(19)15(21)18(4)22-5/h6-9,13,19H,10H2,1-5H3,(H,17,20). The van der Waals surface area contributed by atoms with Crippen molar-refractivity contribution in [1.29, 1.82) is 0 Å². The third-order valence-electron chi connectivity index (χ3n) is 3.03. The van der Waals surface area contributed by atoms with Crippen molar-refractivity contribution >= 4 is 11.8 Å². The lowest BCUT2D eigenvalue weighted by Gasteiger charge is -2.22. The molecule has 0 saturated carbocycles. The summed E-state index contributed by atoms with van der Waals surface area (Å²) in [5.74, 6) is -0.795. The largest absolute Gasteiger partial charge is 0.383 e. The van der Waals surface area contributed by atoms with Gasteiger partial charge in [0.25, 0.3) is 11.8 Å². The van der Waals surface area contributed by atoms with Gasteiger partial charge in [0.2, 0.25) is 0 Å². The van der Waals surface area contributed by atoms with Gasteiger partial charge in [-0.3, -0.25) is 14.4 Å². The first kappa shape index (κ1) is 18.1. The number of amides is 2. The normalized spacial score (nSPS) is 12.6. The van der Waals surface area contributed by atoms with Gasteiger partial charge >= 0.3 is 0 Å². The lowest BCUT2D eigenvalue weighted by atomic mass is 9.99. The third kappa shape index (κ3) is 5.13. The van der Waals surface area contributed by atoms with E-state index >= 15 is 0 Å². The van der Waals surface area contributed by atoms with Gasteiger partial charge in [-0.05, 0) is 32.4 Å². The molecule has 0 spiro atoms. The Hall–Kier alpha value is -1.92. The fourth-order valence-corrected chi connectivity index (χ4v) is 1.92. The second-order valence-electron chi connectivity index (χ2n) is 6.10. The van der Waals surface area contributed by atoms with Crippen LogP contribution in [0.4, 0.5) is 0 Å². The van der Waals surface area contributed by atoms with E-state index in [1.807, 2.05) is 20.8 Å². The molecule has 1 unspecified atom stereocenters. The molecule has 6 heteroatoms. The molecule has 0 fully saturated rings. The zero-order chi connectivity index (χ0) is 16.9. The van der Waals surface area contributed by atoms with E-state index in [4.69, 9.17) is 4.84 Å². The first-order chi connectivity index (χ1) is 10.2. The second kappa shape index (κ2) is 7.38. The van der Waals surface area contributed by atoms with E-state index in [1.54, 1.807) is 24.3 Å². The zero-order valence-electron chi connectivity index (χ0n) is 13.7. The summed E-state index contributed by atoms with van der Waals surface area (Å²) in [7, 11) is 2.76. The first-order valence-corrected chi connectivity index (χ1v) is 7.06. The number of carbonyl (C=O) groups excluding carboxylic acids is 2. The highest BCUT2D eigenvalue weighted by molar-refractivity contribution is 5.96. The molecule has 1 aromatic carbocycles. The van der Waals surface area contributed by atoms with Gasteiger partial charge in [-0.2, -0.15) is 0 Å². The Kier molecular flexibility index (Phi) is 6.08. The van der Waals surface area contributed by atoms with Crippen molar-refractivity contribution in [2.45, 2.75) is 38.8 Å². The van der Waals surface area contributed by atoms with Crippen molar-refractivity contribution < 1.29 is 19.5 Å². The molecular weight excluding hydrogens is 284 g/mol. The topological polar surface area (TPSA) is 78.9 Å². The molecule has 122 valence electrons. The van der Waals surface area contributed by atoms with Gasteiger partial charge in [0.15, 0.2) is 0 Å². The lowest BCUT2D eigenvalue weighted by molar-refractivity contribution is -0.177. The van der Waals surface area contributed by atoms with Gasteiger partial charge in [0.05, 0.1) is 7.11 Å². The number of aliphatic hydroxyl groups excluding tert-OH is 1. The van der Waals surface area contributed by atoms with Crippen LogP contribution in [0.5, 0.6) is 0 Å². The van der Waals surface area contributed by atoms with E-state index < -0.39 is 12.0 Å². The van der Waals surface area contributed by atoms with Crippen molar-refractivity contribution in [3.8, 4) is 0 Å². The summed E-state index contributed by atoms with van der Waals surface area (Å²) in [6.45, 7) is 5.66. The molecule has 0 aromatic heterocycles. The summed E-state index contributed by atoms with van der Waals surface area (Å²) in [6, 6.07) is 6.91. The van der Waals surface area contributed by atoms with Crippen LogP contribution < -0.4 is 5.32 Å². The number of hydrogen-bond donors (Lipinski definition) is 2. The minimum absolute atomic E-state index is 0.0419. The highest BCUT2D eigenvalue weighted by atomic mass is 16.7. The highest BCUT2D eigenvalue weighted by Gasteiger charge is 2.23. The summed E-state index contributed by atoms with van der Waals surface area (Å²) in [4.78, 5) is 28.9. The molecule has 0 radical (unpaired) electrons. The molecule has 2 N–H and O–H groups in total. The molecule has 1 atom stereocenters. The van der Waals surface area contributed by atoms with E-state index in [0.29, 0.717) is 11.1 Å². The number of hydrogen-bond acceptors (Lipinski definition) is 4. The van der Waals surface area contributed by atoms with Crippen LogP contribution in [0.3, 0.4) is 0 Å². The third-order valence-corrected chi connectivity index (χ3v) is 3.03. The smallest absolute Gasteiger partial charge is 0.274 e. The number of nitrogens with one attached hydrogen (secondary N) is 1. The number of hydroxylamine groups is 2. The summed E-state index contributed by atoms with van der Waals surface area (Å²) in [6.07, 6.45) is -1.23. The van der Waals surface area contributed by atoms with Crippen molar-refractivity contribution in [2.75, 3.05) is 14.2 Å². The van der Waals surface area contributed by atoms with Crippen LogP contribution in [-0.4, -0.2) is 47.8 Å². The average Bonchev–Trinajstić information content (AvgIpc) is 2.44. The van der Waals surface area contributed by atoms with Gasteiger partial charge < -0.3 is 10.4 Å². The zero-order valence-corrected chi connectivity index (χ0v) is 13.7. The molecule has 0 bridgehead atoms. The molecule has 0 aliphatic rings. The maximum Gasteiger partial charge on any atom is 0.274 e. The van der Waals surface area contributed by atoms with Gasteiger partial charge in [0, 0.05) is 24.6 Å². The number of carbonyl (C=O) groups is 2. The Balaban J connectivity index is 2.93. The van der Waals surface area contributed by atoms with Crippen molar-refractivity contribution in [3.05, 3.63) is 35.4 Å². The minimum atomic E-state index is -1.27. The lowest BCUT2D eigenvalue weighted by Crippen LogP contribution is -2.41. The second-order valence-corrected chi connectivity index (χ2v) is 6.10. The molecule has 1 aromatic rings.